The van der Waals surface area contributed by atoms with Gasteiger partial charge in [0.25, 0.3) is 5.56 Å². The lowest BCUT2D eigenvalue weighted by Crippen LogP contribution is -2.26. The Morgan fingerprint density at radius 3 is 2.69 bits per heavy atom. The van der Waals surface area contributed by atoms with Gasteiger partial charge in [0, 0.05) is 0 Å². The zero-order valence-electron chi connectivity index (χ0n) is 14.2. The van der Waals surface area contributed by atoms with Crippen LogP contribution in [0, 0.1) is 0 Å². The van der Waals surface area contributed by atoms with E-state index in [0.717, 1.165) is 10.1 Å². The predicted octanol–water partition coefficient (Wildman–Crippen LogP) is 0.559. The first-order chi connectivity index (χ1) is 12.6. The fraction of sp³-hybridized carbons (Fsp3) is 0.294. The summed E-state index contributed by atoms with van der Waals surface area (Å²) in [7, 11) is 0. The molecule has 0 N–H and O–H groups in total. The van der Waals surface area contributed by atoms with Crippen molar-refractivity contribution in [3.63, 3.8) is 0 Å². The van der Waals surface area contributed by atoms with Gasteiger partial charge in [-0.2, -0.15) is 0 Å². The Labute approximate surface area is 148 Å². The summed E-state index contributed by atoms with van der Waals surface area (Å²) in [6, 6.07) is 9.59. The molecule has 0 aliphatic carbocycles. The minimum absolute atomic E-state index is 0.0763. The number of hydrogen-bond donors (Lipinski definition) is 0. The molecule has 3 aromatic rings. The summed E-state index contributed by atoms with van der Waals surface area (Å²) in [4.78, 5) is 39.9. The van der Waals surface area contributed by atoms with Crippen LogP contribution >= 0.6 is 0 Å². The molecule has 9 heteroatoms. The van der Waals surface area contributed by atoms with Gasteiger partial charge in [-0.15, -0.1) is 5.10 Å². The Balaban J connectivity index is 1.80. The highest BCUT2D eigenvalue weighted by Crippen LogP contribution is 2.07. The zero-order valence-corrected chi connectivity index (χ0v) is 14.2. The fourth-order valence-corrected chi connectivity index (χ4v) is 2.48. The second-order valence-corrected chi connectivity index (χ2v) is 5.60. The second-order valence-electron chi connectivity index (χ2n) is 5.60. The number of rotatable bonds is 7. The van der Waals surface area contributed by atoms with Crippen LogP contribution in [-0.2, 0) is 27.4 Å². The van der Waals surface area contributed by atoms with Crippen LogP contribution in [0.1, 0.15) is 18.9 Å². The summed E-state index contributed by atoms with van der Waals surface area (Å²) in [5.41, 5.74) is 0.932. The predicted molar refractivity (Wildman–Crippen MR) is 91.4 cm³/mol. The quantitative estimate of drug-likeness (QED) is 0.450. The third-order valence-corrected chi connectivity index (χ3v) is 3.66. The first-order valence-electron chi connectivity index (χ1n) is 8.08. The number of carbonyl (C=O) groups excluding carboxylic acids is 2. The van der Waals surface area contributed by atoms with E-state index in [4.69, 9.17) is 4.74 Å². The molecule has 9 nitrogen and oxygen atoms in total. The molecule has 0 saturated heterocycles. The van der Waals surface area contributed by atoms with E-state index < -0.39 is 17.3 Å². The molecule has 2 heterocycles. The molecule has 1 aromatic carbocycles. The van der Waals surface area contributed by atoms with Gasteiger partial charge in [0.2, 0.25) is 0 Å². The first kappa shape index (κ1) is 17.5. The monoisotopic (exact) mass is 355 g/mol. The molecule has 134 valence electrons. The Kier molecular flexibility index (Phi) is 5.16. The van der Waals surface area contributed by atoms with Crippen LogP contribution in [0.15, 0.2) is 41.5 Å². The van der Waals surface area contributed by atoms with Crippen molar-refractivity contribution in [1.82, 2.24) is 24.5 Å². The first-order valence-corrected chi connectivity index (χ1v) is 8.08. The average Bonchev–Trinajstić information content (AvgIpc) is 3.02. The van der Waals surface area contributed by atoms with Crippen molar-refractivity contribution in [3.05, 3.63) is 52.6 Å². The van der Waals surface area contributed by atoms with Crippen LogP contribution < -0.4 is 5.56 Å². The Morgan fingerprint density at radius 1 is 1.19 bits per heavy atom. The van der Waals surface area contributed by atoms with E-state index in [1.807, 2.05) is 30.3 Å². The van der Waals surface area contributed by atoms with Crippen LogP contribution in [0.5, 0.6) is 0 Å². The van der Waals surface area contributed by atoms with E-state index in [1.54, 1.807) is 6.92 Å². The third kappa shape index (κ3) is 3.82. The maximum absolute atomic E-state index is 12.5. The SMILES string of the molecule is CCOC(=O)CC(=O)Cn1cnc2c(nnn2Cc2ccccc2)c1=O. The largest absolute Gasteiger partial charge is 0.466 e. The van der Waals surface area contributed by atoms with E-state index in [9.17, 15) is 14.4 Å². The molecule has 3 rings (SSSR count). The van der Waals surface area contributed by atoms with Gasteiger partial charge in [0.1, 0.15) is 12.7 Å². The number of ether oxygens (including phenoxy) is 1. The molecule has 0 aliphatic heterocycles. The molecule has 0 fully saturated rings. The smallest absolute Gasteiger partial charge is 0.313 e. The highest BCUT2D eigenvalue weighted by atomic mass is 16.5. The van der Waals surface area contributed by atoms with Crippen molar-refractivity contribution >= 4 is 22.9 Å². The van der Waals surface area contributed by atoms with E-state index in [1.165, 1.54) is 11.0 Å². The molecular formula is C17H17N5O4. The molecule has 2 aromatic heterocycles. The van der Waals surface area contributed by atoms with Crippen molar-refractivity contribution in [2.45, 2.75) is 26.4 Å². The van der Waals surface area contributed by atoms with Crippen LogP contribution in [0.2, 0.25) is 0 Å². The highest BCUT2D eigenvalue weighted by Gasteiger charge is 2.16. The van der Waals surface area contributed by atoms with Crippen LogP contribution in [0.3, 0.4) is 0 Å². The maximum Gasteiger partial charge on any atom is 0.313 e. The van der Waals surface area contributed by atoms with Crippen molar-refractivity contribution in [3.8, 4) is 0 Å². The average molecular weight is 355 g/mol. The van der Waals surface area contributed by atoms with Crippen molar-refractivity contribution in [2.75, 3.05) is 6.61 Å². The molecule has 0 unspecified atom stereocenters. The molecule has 0 spiro atoms. The number of hydrogen-bond acceptors (Lipinski definition) is 7. The Bertz CT molecular complexity index is 993. The van der Waals surface area contributed by atoms with E-state index in [-0.39, 0.29) is 25.1 Å². The van der Waals surface area contributed by atoms with Crippen molar-refractivity contribution in [2.24, 2.45) is 0 Å². The second kappa shape index (κ2) is 7.68. The molecule has 0 atom stereocenters. The van der Waals surface area contributed by atoms with Gasteiger partial charge < -0.3 is 4.74 Å². The topological polar surface area (TPSA) is 109 Å². The fourth-order valence-electron chi connectivity index (χ4n) is 2.48. The maximum atomic E-state index is 12.5. The van der Waals surface area contributed by atoms with Crippen molar-refractivity contribution < 1.29 is 14.3 Å². The number of esters is 1. The molecule has 0 bridgehead atoms. The van der Waals surface area contributed by atoms with Gasteiger partial charge in [-0.05, 0) is 12.5 Å². The van der Waals surface area contributed by atoms with Gasteiger partial charge in [-0.1, -0.05) is 35.5 Å². The lowest BCUT2D eigenvalue weighted by atomic mass is 10.2. The minimum Gasteiger partial charge on any atom is -0.466 e. The summed E-state index contributed by atoms with van der Waals surface area (Å²) in [5.74, 6) is -1.06. The van der Waals surface area contributed by atoms with Crippen molar-refractivity contribution in [1.29, 1.82) is 0 Å². The molecule has 0 radical (unpaired) electrons. The number of carbonyl (C=O) groups is 2. The number of ketones is 1. The van der Waals surface area contributed by atoms with Gasteiger partial charge in [0.15, 0.2) is 16.9 Å². The van der Waals surface area contributed by atoms with E-state index >= 15 is 0 Å². The summed E-state index contributed by atoms with van der Waals surface area (Å²) < 4.78 is 7.36. The molecule has 26 heavy (non-hydrogen) atoms. The van der Waals surface area contributed by atoms with E-state index in [0.29, 0.717) is 12.2 Å². The summed E-state index contributed by atoms with van der Waals surface area (Å²) in [5, 5.41) is 7.86. The zero-order chi connectivity index (χ0) is 18.5. The lowest BCUT2D eigenvalue weighted by Gasteiger charge is -2.05. The number of Topliss-reactive ketones (excluding diaryl/α,β-unsaturated/α-hetero) is 1. The minimum atomic E-state index is -0.617. The highest BCUT2D eigenvalue weighted by molar-refractivity contribution is 5.95. The number of fused-ring (bicyclic) bond motifs is 1. The Hall–Kier alpha value is -3.36. The number of nitrogens with zero attached hydrogens (tertiary/aromatic N) is 5. The molecule has 0 aliphatic rings. The van der Waals surface area contributed by atoms with Gasteiger partial charge in [-0.25, -0.2) is 9.67 Å². The summed E-state index contributed by atoms with van der Waals surface area (Å²) in [6.45, 7) is 2.01. The number of aromatic nitrogens is 5. The Morgan fingerprint density at radius 2 is 1.96 bits per heavy atom. The van der Waals surface area contributed by atoms with Crippen LogP contribution in [-0.4, -0.2) is 42.9 Å². The summed E-state index contributed by atoms with van der Waals surface area (Å²) >= 11 is 0. The molecular weight excluding hydrogens is 338 g/mol. The summed E-state index contributed by atoms with van der Waals surface area (Å²) in [6.07, 6.45) is 0.873. The lowest BCUT2D eigenvalue weighted by molar-refractivity contribution is -0.145. The van der Waals surface area contributed by atoms with Crippen LogP contribution in [0.25, 0.3) is 11.2 Å². The molecule has 0 amide bonds. The van der Waals surface area contributed by atoms with Gasteiger partial charge in [-0.3, -0.25) is 19.0 Å². The van der Waals surface area contributed by atoms with Gasteiger partial charge >= 0.3 is 5.97 Å². The normalized spacial score (nSPS) is 10.8. The van der Waals surface area contributed by atoms with Gasteiger partial charge in [0.05, 0.1) is 19.7 Å². The standard InChI is InChI=1S/C17H17N5O4/c1-2-26-14(24)8-13(23)10-21-11-18-16-15(17(21)25)19-20-22(16)9-12-6-4-3-5-7-12/h3-7,11H,2,8-10H2,1H3. The van der Waals surface area contributed by atoms with E-state index in [2.05, 4.69) is 15.3 Å². The van der Waals surface area contributed by atoms with Crippen LogP contribution in [0.4, 0.5) is 0 Å². The molecule has 0 saturated carbocycles. The third-order valence-electron chi connectivity index (χ3n) is 3.66. The number of benzene rings is 1.